The van der Waals surface area contributed by atoms with Crippen LogP contribution in [0.3, 0.4) is 0 Å². The first-order valence-electron chi connectivity index (χ1n) is 24.6. The average Bonchev–Trinajstić information content (AvgIpc) is 3.10. The van der Waals surface area contributed by atoms with Gasteiger partial charge in [0.1, 0.15) is 0 Å². The topological polar surface area (TPSA) is 3.24 Å². The maximum atomic E-state index is 3.00. The van der Waals surface area contributed by atoms with Crippen molar-refractivity contribution in [1.29, 1.82) is 0 Å². The first kappa shape index (κ1) is 51.0. The molecule has 0 heterocycles. The normalized spacial score (nSPS) is 12.5. The monoisotopic (exact) mass is 718 g/mol. The van der Waals surface area contributed by atoms with E-state index in [2.05, 4.69) is 53.4 Å². The molecule has 0 spiro atoms. The Hall–Kier alpha value is -0.0400. The Kier molecular flexibility index (Phi) is 38.2. The molecule has 0 radical (unpaired) electrons. The molecule has 0 aromatic carbocycles. The summed E-state index contributed by atoms with van der Waals surface area (Å²) >= 11 is 0. The Balaban J connectivity index is 4.50. The molecular formula is C50H103N. The molecule has 1 heteroatoms. The van der Waals surface area contributed by atoms with Crippen LogP contribution in [0.25, 0.3) is 0 Å². The fourth-order valence-electron chi connectivity index (χ4n) is 8.96. The van der Waals surface area contributed by atoms with E-state index in [0.29, 0.717) is 11.1 Å². The van der Waals surface area contributed by atoms with Crippen molar-refractivity contribution < 1.29 is 0 Å². The summed E-state index contributed by atoms with van der Waals surface area (Å²) in [6.07, 6.45) is 57.8. The quantitative estimate of drug-likeness (QED) is 0.0568. The van der Waals surface area contributed by atoms with Crippen LogP contribution < -0.4 is 0 Å². The maximum Gasteiger partial charge on any atom is 0.0158 e. The minimum atomic E-state index is 0.301. The van der Waals surface area contributed by atoms with Gasteiger partial charge in [0.25, 0.3) is 0 Å². The van der Waals surface area contributed by atoms with Crippen molar-refractivity contribution >= 4 is 0 Å². The van der Waals surface area contributed by atoms with E-state index in [-0.39, 0.29) is 0 Å². The zero-order valence-electron chi connectivity index (χ0n) is 37.4. The molecular weight excluding hydrogens is 615 g/mol. The zero-order chi connectivity index (χ0) is 37.6. The van der Waals surface area contributed by atoms with Gasteiger partial charge in [0.15, 0.2) is 0 Å². The van der Waals surface area contributed by atoms with Crippen LogP contribution in [-0.4, -0.2) is 22.5 Å². The van der Waals surface area contributed by atoms with Gasteiger partial charge in [0, 0.05) is 11.1 Å². The summed E-state index contributed by atoms with van der Waals surface area (Å²) in [5, 5.41) is 0. The third-order valence-corrected chi connectivity index (χ3v) is 12.5. The van der Waals surface area contributed by atoms with Crippen LogP contribution in [0.4, 0.5) is 0 Å². The fraction of sp³-hybridized carbons (Fsp3) is 1.00. The predicted molar refractivity (Wildman–Crippen MR) is 237 cm³/mol. The number of unbranched alkanes of at least 4 members (excludes halogenated alkanes) is 35. The zero-order valence-corrected chi connectivity index (χ0v) is 37.4. The summed E-state index contributed by atoms with van der Waals surface area (Å²) in [5.41, 5.74) is 0.602. The molecule has 0 fully saturated rings. The number of nitrogens with zero attached hydrogens (tertiary/aromatic N) is 1. The number of hydrogen-bond acceptors (Lipinski definition) is 1. The molecule has 308 valence electrons. The maximum absolute atomic E-state index is 3.00. The molecule has 0 aliphatic rings. The van der Waals surface area contributed by atoms with Crippen molar-refractivity contribution in [2.45, 2.75) is 316 Å². The number of hydrogen-bond donors (Lipinski definition) is 0. The summed E-state index contributed by atoms with van der Waals surface area (Å²) in [6, 6.07) is 0. The summed E-state index contributed by atoms with van der Waals surface area (Å²) in [6.45, 7) is 18.6. The highest BCUT2D eigenvalue weighted by Gasteiger charge is 2.36. The van der Waals surface area contributed by atoms with Crippen LogP contribution in [0.5, 0.6) is 0 Å². The van der Waals surface area contributed by atoms with E-state index in [1.807, 2.05) is 0 Å². The third kappa shape index (κ3) is 34.2. The lowest BCUT2D eigenvalue weighted by atomic mass is 9.85. The van der Waals surface area contributed by atoms with E-state index >= 15 is 0 Å². The van der Waals surface area contributed by atoms with E-state index in [0.717, 1.165) is 0 Å². The Morgan fingerprint density at radius 3 is 0.627 bits per heavy atom. The highest BCUT2D eigenvalue weighted by atomic mass is 15.2. The molecule has 0 aromatic rings. The molecule has 0 rings (SSSR count). The lowest BCUT2D eigenvalue weighted by Gasteiger charge is -2.49. The molecule has 51 heavy (non-hydrogen) atoms. The van der Waals surface area contributed by atoms with Crippen LogP contribution >= 0.6 is 0 Å². The number of rotatable bonds is 43. The van der Waals surface area contributed by atoms with Crippen molar-refractivity contribution in [1.82, 2.24) is 4.90 Å². The summed E-state index contributed by atoms with van der Waals surface area (Å²) < 4.78 is 0. The van der Waals surface area contributed by atoms with Crippen LogP contribution in [-0.2, 0) is 0 Å². The largest absolute Gasteiger partial charge is 0.293 e. The molecule has 0 atom stereocenters. The lowest BCUT2D eigenvalue weighted by Crippen LogP contribution is -2.55. The van der Waals surface area contributed by atoms with Gasteiger partial charge in [-0.3, -0.25) is 4.90 Å². The predicted octanol–water partition coefficient (Wildman–Crippen LogP) is 18.5. The Morgan fingerprint density at radius 2 is 0.412 bits per heavy atom. The van der Waals surface area contributed by atoms with Crippen LogP contribution in [0.2, 0.25) is 0 Å². The van der Waals surface area contributed by atoms with Gasteiger partial charge in [0.2, 0.25) is 0 Å². The molecule has 0 saturated heterocycles. The molecule has 0 unspecified atom stereocenters. The Morgan fingerprint density at radius 1 is 0.235 bits per heavy atom. The standard InChI is InChI=1S/C50H103N/c1-8-11-14-17-20-23-26-29-31-34-37-40-43-46-49(4,5)51(48-45-42-39-36-33-28-25-22-19-16-13-10-3)50(6,7)47-44-41-38-35-32-30-27-24-21-18-15-12-9-2/h8-48H2,1-7H3. The Labute approximate surface area is 326 Å². The van der Waals surface area contributed by atoms with Gasteiger partial charge in [0.05, 0.1) is 0 Å². The van der Waals surface area contributed by atoms with Crippen molar-refractivity contribution in [3.63, 3.8) is 0 Å². The van der Waals surface area contributed by atoms with Gasteiger partial charge in [-0.1, -0.05) is 258 Å². The second-order valence-corrected chi connectivity index (χ2v) is 18.7. The van der Waals surface area contributed by atoms with E-state index in [1.54, 1.807) is 0 Å². The molecule has 0 aliphatic heterocycles. The Bertz CT molecular complexity index is 608. The highest BCUT2D eigenvalue weighted by Crippen LogP contribution is 2.34. The fourth-order valence-corrected chi connectivity index (χ4v) is 8.96. The first-order valence-corrected chi connectivity index (χ1v) is 24.6. The third-order valence-electron chi connectivity index (χ3n) is 12.5. The smallest absolute Gasteiger partial charge is 0.0158 e. The van der Waals surface area contributed by atoms with Crippen molar-refractivity contribution in [3.05, 3.63) is 0 Å². The molecule has 0 aliphatic carbocycles. The van der Waals surface area contributed by atoms with Gasteiger partial charge >= 0.3 is 0 Å². The van der Waals surface area contributed by atoms with Crippen molar-refractivity contribution in [3.8, 4) is 0 Å². The molecule has 0 bridgehead atoms. The van der Waals surface area contributed by atoms with Gasteiger partial charge in [-0.05, 0) is 53.5 Å². The van der Waals surface area contributed by atoms with Gasteiger partial charge in [-0.25, -0.2) is 0 Å². The van der Waals surface area contributed by atoms with Gasteiger partial charge in [-0.15, -0.1) is 0 Å². The minimum absolute atomic E-state index is 0.301. The molecule has 0 saturated carbocycles. The summed E-state index contributed by atoms with van der Waals surface area (Å²) in [7, 11) is 0. The van der Waals surface area contributed by atoms with Gasteiger partial charge in [-0.2, -0.15) is 0 Å². The van der Waals surface area contributed by atoms with Crippen LogP contribution in [0.15, 0.2) is 0 Å². The summed E-state index contributed by atoms with van der Waals surface area (Å²) in [4.78, 5) is 3.00. The highest BCUT2D eigenvalue weighted by molar-refractivity contribution is 4.92. The van der Waals surface area contributed by atoms with Gasteiger partial charge < -0.3 is 0 Å². The molecule has 0 aromatic heterocycles. The average molecular weight is 718 g/mol. The SMILES string of the molecule is CCCCCCCCCCCCCCCC(C)(C)N(CCCCCCCCCCCCCC)C(C)(C)CCCCCCCCCCCCCCC. The van der Waals surface area contributed by atoms with E-state index < -0.39 is 0 Å². The second kappa shape index (κ2) is 38.2. The van der Waals surface area contributed by atoms with Crippen molar-refractivity contribution in [2.24, 2.45) is 0 Å². The minimum Gasteiger partial charge on any atom is -0.293 e. The second-order valence-electron chi connectivity index (χ2n) is 18.7. The summed E-state index contributed by atoms with van der Waals surface area (Å²) in [5.74, 6) is 0. The molecule has 0 N–H and O–H groups in total. The van der Waals surface area contributed by atoms with E-state index in [4.69, 9.17) is 0 Å². The lowest BCUT2D eigenvalue weighted by molar-refractivity contribution is 0.00151. The van der Waals surface area contributed by atoms with Crippen LogP contribution in [0, 0.1) is 0 Å². The molecule has 0 amide bonds. The first-order chi connectivity index (χ1) is 24.8. The van der Waals surface area contributed by atoms with Crippen LogP contribution in [0.1, 0.15) is 305 Å². The van der Waals surface area contributed by atoms with E-state index in [1.165, 1.54) is 263 Å². The molecule has 1 nitrogen and oxygen atoms in total. The van der Waals surface area contributed by atoms with E-state index in [9.17, 15) is 0 Å². The van der Waals surface area contributed by atoms with Crippen molar-refractivity contribution in [2.75, 3.05) is 6.54 Å².